The number of benzene rings is 1. The molecule has 0 bridgehead atoms. The van der Waals surface area contributed by atoms with Crippen LogP contribution in [-0.4, -0.2) is 14.5 Å². The summed E-state index contributed by atoms with van der Waals surface area (Å²) < 4.78 is 40.2. The number of nitrogens with one attached hydrogen (secondary N) is 1. The minimum atomic E-state index is -3.75. The first-order valence-electron chi connectivity index (χ1n) is 5.90. The molecule has 108 valence electrons. The molecule has 1 rings (SSSR count). The summed E-state index contributed by atoms with van der Waals surface area (Å²) in [6, 6.07) is 1.95. The lowest BCUT2D eigenvalue weighted by atomic mass is 10.1. The summed E-state index contributed by atoms with van der Waals surface area (Å²) in [5, 5.41) is 0. The van der Waals surface area contributed by atoms with E-state index in [2.05, 4.69) is 20.7 Å². The van der Waals surface area contributed by atoms with Gasteiger partial charge in [-0.1, -0.05) is 13.8 Å². The number of hydrogen-bond acceptors (Lipinski definition) is 3. The average Bonchev–Trinajstić information content (AvgIpc) is 2.20. The maximum atomic E-state index is 13.2. The van der Waals surface area contributed by atoms with E-state index in [1.807, 2.05) is 13.8 Å². The Morgan fingerprint density at radius 1 is 1.37 bits per heavy atom. The fourth-order valence-electron chi connectivity index (χ4n) is 1.86. The molecule has 1 aromatic carbocycles. The number of anilines is 1. The Kier molecular flexibility index (Phi) is 5.34. The third-order valence-electron chi connectivity index (χ3n) is 2.52. The maximum absolute atomic E-state index is 13.2. The van der Waals surface area contributed by atoms with E-state index in [1.165, 1.54) is 6.07 Å². The fraction of sp³-hybridized carbons (Fsp3) is 0.500. The number of rotatable bonds is 5. The van der Waals surface area contributed by atoms with Crippen molar-refractivity contribution in [3.8, 4) is 0 Å². The summed E-state index contributed by atoms with van der Waals surface area (Å²) in [5.41, 5.74) is 5.47. The molecule has 1 aromatic rings. The van der Waals surface area contributed by atoms with Gasteiger partial charge in [0.15, 0.2) is 0 Å². The van der Waals surface area contributed by atoms with Crippen LogP contribution in [0.1, 0.15) is 27.2 Å². The smallest absolute Gasteiger partial charge is 0.242 e. The van der Waals surface area contributed by atoms with Gasteiger partial charge in [-0.25, -0.2) is 17.5 Å². The summed E-state index contributed by atoms with van der Waals surface area (Å²) in [6.45, 7) is 5.80. The highest BCUT2D eigenvalue weighted by molar-refractivity contribution is 9.10. The molecule has 3 N–H and O–H groups in total. The minimum Gasteiger partial charge on any atom is -0.398 e. The molecule has 0 heterocycles. The molecular formula is C12H18BrFN2O2S. The molecule has 0 aliphatic heterocycles. The van der Waals surface area contributed by atoms with Gasteiger partial charge >= 0.3 is 0 Å². The largest absolute Gasteiger partial charge is 0.398 e. The third kappa shape index (κ3) is 4.43. The predicted octanol–water partition coefficient (Wildman–Crippen LogP) is 2.88. The number of hydrogen-bond donors (Lipinski definition) is 2. The van der Waals surface area contributed by atoms with Crippen LogP contribution >= 0.6 is 15.9 Å². The van der Waals surface area contributed by atoms with E-state index in [9.17, 15) is 12.8 Å². The molecule has 1 unspecified atom stereocenters. The van der Waals surface area contributed by atoms with Gasteiger partial charge in [0.2, 0.25) is 10.0 Å². The predicted molar refractivity (Wildman–Crippen MR) is 77.8 cm³/mol. The van der Waals surface area contributed by atoms with Gasteiger partial charge in [0.05, 0.1) is 10.2 Å². The summed E-state index contributed by atoms with van der Waals surface area (Å²) in [4.78, 5) is -0.114. The number of sulfonamides is 1. The lowest BCUT2D eigenvalue weighted by molar-refractivity contribution is 0.482. The first-order chi connectivity index (χ1) is 8.63. The summed E-state index contributed by atoms with van der Waals surface area (Å²) in [5.74, 6) is -0.221. The normalized spacial score (nSPS) is 13.8. The number of halogens is 2. The SMILES string of the molecule is CC(C)CC(C)NS(=O)(=O)c1cc(Br)c(F)cc1N. The van der Waals surface area contributed by atoms with E-state index in [4.69, 9.17) is 5.73 Å². The van der Waals surface area contributed by atoms with Gasteiger partial charge in [-0.3, -0.25) is 0 Å². The van der Waals surface area contributed by atoms with Crippen LogP contribution in [0.2, 0.25) is 0 Å². The van der Waals surface area contributed by atoms with Gasteiger partial charge in [0.1, 0.15) is 10.7 Å². The van der Waals surface area contributed by atoms with Crippen molar-refractivity contribution in [2.45, 2.75) is 38.1 Å². The summed E-state index contributed by atoms with van der Waals surface area (Å²) in [7, 11) is -3.75. The minimum absolute atomic E-state index is 0.0681. The monoisotopic (exact) mass is 352 g/mol. The molecule has 0 aliphatic carbocycles. The van der Waals surface area contributed by atoms with E-state index in [1.54, 1.807) is 6.92 Å². The van der Waals surface area contributed by atoms with Crippen LogP contribution in [0.15, 0.2) is 21.5 Å². The molecule has 0 spiro atoms. The van der Waals surface area contributed by atoms with Gasteiger partial charge in [-0.15, -0.1) is 0 Å². The Bertz CT molecular complexity index is 561. The highest BCUT2D eigenvalue weighted by Crippen LogP contribution is 2.26. The molecule has 0 aromatic heterocycles. The van der Waals surface area contributed by atoms with Gasteiger partial charge in [-0.2, -0.15) is 0 Å². The molecule has 0 saturated carbocycles. The zero-order chi connectivity index (χ0) is 14.8. The average molecular weight is 353 g/mol. The Labute approximate surface area is 121 Å². The van der Waals surface area contributed by atoms with E-state index in [0.29, 0.717) is 12.3 Å². The van der Waals surface area contributed by atoms with Crippen molar-refractivity contribution >= 4 is 31.6 Å². The van der Waals surface area contributed by atoms with Crippen LogP contribution < -0.4 is 10.5 Å². The molecule has 0 saturated heterocycles. The summed E-state index contributed by atoms with van der Waals surface area (Å²) >= 11 is 2.96. The fourth-order valence-corrected chi connectivity index (χ4v) is 3.75. The van der Waals surface area contributed by atoms with Crippen LogP contribution in [0.4, 0.5) is 10.1 Å². The van der Waals surface area contributed by atoms with E-state index in [0.717, 1.165) is 6.07 Å². The molecule has 1 atom stereocenters. The van der Waals surface area contributed by atoms with Crippen LogP contribution in [0, 0.1) is 11.7 Å². The Morgan fingerprint density at radius 3 is 2.47 bits per heavy atom. The number of nitrogens with two attached hydrogens (primary N) is 1. The van der Waals surface area contributed by atoms with Crippen LogP contribution in [0.25, 0.3) is 0 Å². The van der Waals surface area contributed by atoms with Gasteiger partial charge in [-0.05, 0) is 47.3 Å². The molecule has 0 fully saturated rings. The molecule has 19 heavy (non-hydrogen) atoms. The summed E-state index contributed by atoms with van der Waals surface area (Å²) in [6.07, 6.45) is 0.710. The Hall–Kier alpha value is -0.660. The quantitative estimate of drug-likeness (QED) is 0.800. The van der Waals surface area contributed by atoms with Crippen LogP contribution in [-0.2, 0) is 10.0 Å². The first-order valence-corrected chi connectivity index (χ1v) is 8.18. The second kappa shape index (κ2) is 6.19. The van der Waals surface area contributed by atoms with Crippen molar-refractivity contribution in [2.24, 2.45) is 5.92 Å². The Morgan fingerprint density at radius 2 is 1.95 bits per heavy atom. The second-order valence-electron chi connectivity index (χ2n) is 4.96. The lowest BCUT2D eigenvalue weighted by Crippen LogP contribution is -2.34. The van der Waals surface area contributed by atoms with Crippen molar-refractivity contribution in [3.63, 3.8) is 0 Å². The molecule has 0 aliphatic rings. The maximum Gasteiger partial charge on any atom is 0.242 e. The van der Waals surface area contributed by atoms with Gasteiger partial charge in [0.25, 0.3) is 0 Å². The van der Waals surface area contributed by atoms with E-state index < -0.39 is 15.8 Å². The Balaban J connectivity index is 3.04. The van der Waals surface area contributed by atoms with Crippen molar-refractivity contribution in [3.05, 3.63) is 22.4 Å². The van der Waals surface area contributed by atoms with Gasteiger partial charge in [0, 0.05) is 6.04 Å². The zero-order valence-corrected chi connectivity index (χ0v) is 13.5. The van der Waals surface area contributed by atoms with Gasteiger partial charge < -0.3 is 5.73 Å². The van der Waals surface area contributed by atoms with E-state index in [-0.39, 0.29) is 21.1 Å². The van der Waals surface area contributed by atoms with Crippen LogP contribution in [0.3, 0.4) is 0 Å². The first kappa shape index (κ1) is 16.4. The zero-order valence-electron chi connectivity index (χ0n) is 11.1. The van der Waals surface area contributed by atoms with Crippen LogP contribution in [0.5, 0.6) is 0 Å². The lowest BCUT2D eigenvalue weighted by Gasteiger charge is -2.17. The molecule has 7 heteroatoms. The highest BCUT2D eigenvalue weighted by atomic mass is 79.9. The molecule has 0 amide bonds. The molecule has 0 radical (unpaired) electrons. The number of nitrogen functional groups attached to an aromatic ring is 1. The topological polar surface area (TPSA) is 72.2 Å². The standard InChI is InChI=1S/C12H18BrFN2O2S/c1-7(2)4-8(3)16-19(17,18)12-5-9(13)10(14)6-11(12)15/h5-8,16H,4,15H2,1-3H3. The van der Waals surface area contributed by atoms with Crippen molar-refractivity contribution in [1.82, 2.24) is 4.72 Å². The molecular weight excluding hydrogens is 335 g/mol. The van der Waals surface area contributed by atoms with Crippen molar-refractivity contribution in [1.29, 1.82) is 0 Å². The second-order valence-corrected chi connectivity index (χ2v) is 7.49. The van der Waals surface area contributed by atoms with Crippen molar-refractivity contribution in [2.75, 3.05) is 5.73 Å². The van der Waals surface area contributed by atoms with E-state index >= 15 is 0 Å². The van der Waals surface area contributed by atoms with Crippen molar-refractivity contribution < 1.29 is 12.8 Å². The molecule has 4 nitrogen and oxygen atoms in total. The third-order valence-corrected chi connectivity index (χ3v) is 4.78. The highest BCUT2D eigenvalue weighted by Gasteiger charge is 2.22.